The summed E-state index contributed by atoms with van der Waals surface area (Å²) < 4.78 is 7.47. The van der Waals surface area contributed by atoms with E-state index >= 15 is 0 Å². The molecular weight excluding hydrogens is 264 g/mol. The number of hydrogen-bond acceptors (Lipinski definition) is 4. The van der Waals surface area contributed by atoms with E-state index in [1.165, 1.54) is 5.69 Å². The van der Waals surface area contributed by atoms with Gasteiger partial charge in [0.2, 0.25) is 0 Å². The summed E-state index contributed by atoms with van der Waals surface area (Å²) in [7, 11) is 1.69. The number of nitrogens with zero attached hydrogens (tertiary/aromatic N) is 3. The first-order valence-electron chi connectivity index (χ1n) is 7.31. The number of rotatable bonds is 8. The molecular formula is C16H24N4O. The standard InChI is InChI=1S/C16H24N4O/c1-14-18-8-10-19(14)11-12-20(9-4-7-17)15-5-3-6-16(13-15)21-2/h3,5-6,8,10,13H,4,7,9,11-12,17H2,1-2H3. The summed E-state index contributed by atoms with van der Waals surface area (Å²) in [6.07, 6.45) is 4.83. The Kier molecular flexibility index (Phi) is 5.63. The van der Waals surface area contributed by atoms with Crippen LogP contribution in [0, 0.1) is 6.92 Å². The van der Waals surface area contributed by atoms with Crippen LogP contribution in [0.2, 0.25) is 0 Å². The maximum atomic E-state index is 5.66. The van der Waals surface area contributed by atoms with Crippen molar-refractivity contribution in [2.45, 2.75) is 19.9 Å². The van der Waals surface area contributed by atoms with Crippen LogP contribution in [0.25, 0.3) is 0 Å². The summed E-state index contributed by atoms with van der Waals surface area (Å²) in [4.78, 5) is 6.60. The molecule has 2 rings (SSSR count). The van der Waals surface area contributed by atoms with Crippen molar-refractivity contribution in [1.29, 1.82) is 0 Å². The minimum absolute atomic E-state index is 0.699. The van der Waals surface area contributed by atoms with Crippen molar-refractivity contribution in [2.75, 3.05) is 31.6 Å². The third kappa shape index (κ3) is 4.23. The highest BCUT2D eigenvalue weighted by Crippen LogP contribution is 2.21. The molecule has 2 N–H and O–H groups in total. The Labute approximate surface area is 126 Å². The van der Waals surface area contributed by atoms with Crippen molar-refractivity contribution in [2.24, 2.45) is 5.73 Å². The van der Waals surface area contributed by atoms with Crippen LogP contribution in [0.1, 0.15) is 12.2 Å². The van der Waals surface area contributed by atoms with Crippen molar-refractivity contribution in [3.05, 3.63) is 42.5 Å². The molecule has 1 aromatic carbocycles. The lowest BCUT2D eigenvalue weighted by Gasteiger charge is -2.25. The van der Waals surface area contributed by atoms with E-state index in [4.69, 9.17) is 10.5 Å². The highest BCUT2D eigenvalue weighted by atomic mass is 16.5. The zero-order valence-electron chi connectivity index (χ0n) is 12.8. The van der Waals surface area contributed by atoms with Crippen LogP contribution >= 0.6 is 0 Å². The quantitative estimate of drug-likeness (QED) is 0.808. The van der Waals surface area contributed by atoms with Crippen LogP contribution in [0.3, 0.4) is 0 Å². The van der Waals surface area contributed by atoms with E-state index in [2.05, 4.69) is 26.6 Å². The molecule has 1 aromatic heterocycles. The first-order chi connectivity index (χ1) is 10.2. The van der Waals surface area contributed by atoms with Gasteiger partial charge in [-0.25, -0.2) is 4.98 Å². The Morgan fingerprint density at radius 2 is 2.19 bits per heavy atom. The van der Waals surface area contributed by atoms with Gasteiger partial charge in [0.25, 0.3) is 0 Å². The van der Waals surface area contributed by atoms with E-state index in [0.29, 0.717) is 6.54 Å². The van der Waals surface area contributed by atoms with E-state index in [0.717, 1.165) is 37.6 Å². The minimum atomic E-state index is 0.699. The van der Waals surface area contributed by atoms with Crippen LogP contribution in [0.4, 0.5) is 5.69 Å². The number of aryl methyl sites for hydroxylation is 1. The molecule has 1 heterocycles. The van der Waals surface area contributed by atoms with Crippen LogP contribution in [0.15, 0.2) is 36.7 Å². The van der Waals surface area contributed by atoms with E-state index in [9.17, 15) is 0 Å². The smallest absolute Gasteiger partial charge is 0.120 e. The molecule has 0 fully saturated rings. The third-order valence-electron chi connectivity index (χ3n) is 3.59. The fourth-order valence-corrected chi connectivity index (χ4v) is 2.33. The molecule has 0 atom stereocenters. The Bertz CT molecular complexity index is 553. The lowest BCUT2D eigenvalue weighted by Crippen LogP contribution is -2.29. The number of methoxy groups -OCH3 is 1. The largest absolute Gasteiger partial charge is 0.497 e. The number of anilines is 1. The molecule has 2 aromatic rings. The summed E-state index contributed by atoms with van der Waals surface area (Å²) in [5, 5.41) is 0. The normalized spacial score (nSPS) is 10.6. The molecule has 0 aliphatic carbocycles. The van der Waals surface area contributed by atoms with Gasteiger partial charge in [0.1, 0.15) is 11.6 Å². The van der Waals surface area contributed by atoms with Gasteiger partial charge in [-0.2, -0.15) is 0 Å². The van der Waals surface area contributed by atoms with E-state index in [1.807, 2.05) is 31.5 Å². The molecule has 0 bridgehead atoms. The van der Waals surface area contributed by atoms with Crippen LogP contribution < -0.4 is 15.4 Å². The second kappa shape index (κ2) is 7.69. The lowest BCUT2D eigenvalue weighted by atomic mass is 10.2. The predicted octanol–water partition coefficient (Wildman–Crippen LogP) is 2.06. The monoisotopic (exact) mass is 288 g/mol. The third-order valence-corrected chi connectivity index (χ3v) is 3.59. The zero-order valence-corrected chi connectivity index (χ0v) is 12.8. The van der Waals surface area contributed by atoms with Crippen LogP contribution in [-0.2, 0) is 6.54 Å². The number of hydrogen-bond donors (Lipinski definition) is 1. The van der Waals surface area contributed by atoms with Crippen molar-refractivity contribution in [3.63, 3.8) is 0 Å². The number of nitrogens with two attached hydrogens (primary N) is 1. The van der Waals surface area contributed by atoms with Crippen molar-refractivity contribution in [1.82, 2.24) is 9.55 Å². The molecule has 0 saturated carbocycles. The van der Waals surface area contributed by atoms with E-state index in [1.54, 1.807) is 7.11 Å². The number of aromatic nitrogens is 2. The van der Waals surface area contributed by atoms with Crippen molar-refractivity contribution < 1.29 is 4.74 Å². The SMILES string of the molecule is COc1cccc(N(CCCN)CCn2ccnc2C)c1. The first-order valence-corrected chi connectivity index (χ1v) is 7.31. The molecule has 0 amide bonds. The minimum Gasteiger partial charge on any atom is -0.497 e. The number of imidazole rings is 1. The van der Waals surface area contributed by atoms with Gasteiger partial charge < -0.3 is 19.9 Å². The van der Waals surface area contributed by atoms with Crippen molar-refractivity contribution >= 4 is 5.69 Å². The summed E-state index contributed by atoms with van der Waals surface area (Å²) in [6, 6.07) is 8.16. The molecule has 0 saturated heterocycles. The first kappa shape index (κ1) is 15.4. The van der Waals surface area contributed by atoms with Gasteiger partial charge in [0, 0.05) is 43.8 Å². The topological polar surface area (TPSA) is 56.3 Å². The van der Waals surface area contributed by atoms with Gasteiger partial charge in [0.05, 0.1) is 7.11 Å². The summed E-state index contributed by atoms with van der Waals surface area (Å²) in [5.41, 5.74) is 6.83. The van der Waals surface area contributed by atoms with Gasteiger partial charge in [-0.05, 0) is 32.0 Å². The lowest BCUT2D eigenvalue weighted by molar-refractivity contribution is 0.414. The van der Waals surface area contributed by atoms with Gasteiger partial charge in [-0.1, -0.05) is 6.07 Å². The second-order valence-corrected chi connectivity index (χ2v) is 5.00. The Balaban J connectivity index is 2.07. The molecule has 21 heavy (non-hydrogen) atoms. The highest BCUT2D eigenvalue weighted by Gasteiger charge is 2.08. The highest BCUT2D eigenvalue weighted by molar-refractivity contribution is 5.50. The van der Waals surface area contributed by atoms with Crippen molar-refractivity contribution in [3.8, 4) is 5.75 Å². The fourth-order valence-electron chi connectivity index (χ4n) is 2.33. The molecule has 0 radical (unpaired) electrons. The fraction of sp³-hybridized carbons (Fsp3) is 0.438. The molecule has 0 spiro atoms. The summed E-state index contributed by atoms with van der Waals surface area (Å²) in [5.74, 6) is 1.92. The zero-order chi connectivity index (χ0) is 15.1. The average Bonchev–Trinajstić information content (AvgIpc) is 2.93. The van der Waals surface area contributed by atoms with Crippen LogP contribution in [-0.4, -0.2) is 36.3 Å². The van der Waals surface area contributed by atoms with Gasteiger partial charge in [-0.3, -0.25) is 0 Å². The molecule has 5 nitrogen and oxygen atoms in total. The number of ether oxygens (including phenoxy) is 1. The molecule has 0 aliphatic heterocycles. The maximum absolute atomic E-state index is 5.66. The Morgan fingerprint density at radius 3 is 2.86 bits per heavy atom. The maximum Gasteiger partial charge on any atom is 0.120 e. The second-order valence-electron chi connectivity index (χ2n) is 5.00. The van der Waals surface area contributed by atoms with Crippen LogP contribution in [0.5, 0.6) is 5.75 Å². The molecule has 0 aliphatic rings. The molecule has 0 unspecified atom stereocenters. The Hall–Kier alpha value is -2.01. The van der Waals surface area contributed by atoms with E-state index in [-0.39, 0.29) is 0 Å². The Morgan fingerprint density at radius 1 is 1.33 bits per heavy atom. The summed E-state index contributed by atoms with van der Waals surface area (Å²) >= 11 is 0. The average molecular weight is 288 g/mol. The predicted molar refractivity (Wildman–Crippen MR) is 85.8 cm³/mol. The van der Waals surface area contributed by atoms with E-state index < -0.39 is 0 Å². The molecule has 114 valence electrons. The number of benzene rings is 1. The van der Waals surface area contributed by atoms with Gasteiger partial charge in [-0.15, -0.1) is 0 Å². The van der Waals surface area contributed by atoms with Gasteiger partial charge >= 0.3 is 0 Å². The van der Waals surface area contributed by atoms with Gasteiger partial charge in [0.15, 0.2) is 0 Å². The molecule has 5 heteroatoms. The summed E-state index contributed by atoms with van der Waals surface area (Å²) in [6.45, 7) is 5.50.